The first-order valence-corrected chi connectivity index (χ1v) is 8.53. The Bertz CT molecular complexity index is 746. The minimum atomic E-state index is -1.75. The van der Waals surface area contributed by atoms with E-state index in [4.69, 9.17) is 49.0 Å². The Hall–Kier alpha value is -1.83. The number of amides is 2. The summed E-state index contributed by atoms with van der Waals surface area (Å²) in [6, 6.07) is 3.71. The average Bonchev–Trinajstić information content (AvgIpc) is 2.57. The van der Waals surface area contributed by atoms with Gasteiger partial charge in [0.2, 0.25) is 3.79 Å². The van der Waals surface area contributed by atoms with Crippen LogP contribution in [0.5, 0.6) is 11.5 Å². The van der Waals surface area contributed by atoms with E-state index in [1.807, 2.05) is 0 Å². The number of carbonyl (C=O) groups is 2. The SMILES string of the molecule is COc1ccc(OC)c(C2NC(=O)NC(C)=C2C(=O)OCC(Cl)(Cl)Cl)c1. The van der Waals surface area contributed by atoms with Gasteiger partial charge in [0.25, 0.3) is 0 Å². The molecule has 0 bridgehead atoms. The summed E-state index contributed by atoms with van der Waals surface area (Å²) in [5, 5.41) is 5.20. The van der Waals surface area contributed by atoms with Crippen molar-refractivity contribution in [3.05, 3.63) is 35.0 Å². The molecule has 0 spiro atoms. The Morgan fingerprint density at radius 3 is 2.50 bits per heavy atom. The van der Waals surface area contributed by atoms with E-state index in [0.717, 1.165) is 0 Å². The maximum atomic E-state index is 12.6. The zero-order valence-corrected chi connectivity index (χ0v) is 16.5. The molecule has 1 aromatic rings. The Balaban J connectivity index is 2.46. The molecule has 0 fully saturated rings. The van der Waals surface area contributed by atoms with E-state index in [0.29, 0.717) is 22.8 Å². The van der Waals surface area contributed by atoms with E-state index in [-0.39, 0.29) is 5.57 Å². The van der Waals surface area contributed by atoms with E-state index in [1.54, 1.807) is 25.1 Å². The average molecular weight is 424 g/mol. The molecule has 0 aliphatic carbocycles. The molecule has 2 N–H and O–H groups in total. The van der Waals surface area contributed by atoms with Crippen molar-refractivity contribution in [2.75, 3.05) is 20.8 Å². The second-order valence-electron chi connectivity index (χ2n) is 5.37. The predicted molar refractivity (Wildman–Crippen MR) is 97.9 cm³/mol. The molecule has 0 aromatic heterocycles. The van der Waals surface area contributed by atoms with Gasteiger partial charge in [-0.3, -0.25) is 0 Å². The van der Waals surface area contributed by atoms with Crippen molar-refractivity contribution >= 4 is 46.8 Å². The first-order valence-electron chi connectivity index (χ1n) is 7.40. The highest BCUT2D eigenvalue weighted by molar-refractivity contribution is 6.67. The molecule has 10 heteroatoms. The zero-order chi connectivity index (χ0) is 19.5. The molecule has 0 radical (unpaired) electrons. The number of hydrogen-bond donors (Lipinski definition) is 2. The summed E-state index contributed by atoms with van der Waals surface area (Å²) in [5.41, 5.74) is 0.991. The highest BCUT2D eigenvalue weighted by Gasteiger charge is 2.35. The van der Waals surface area contributed by atoms with Crippen LogP contribution >= 0.6 is 34.8 Å². The molecule has 1 heterocycles. The van der Waals surface area contributed by atoms with Crippen molar-refractivity contribution in [3.63, 3.8) is 0 Å². The highest BCUT2D eigenvalue weighted by atomic mass is 35.6. The van der Waals surface area contributed by atoms with Gasteiger partial charge in [-0.25, -0.2) is 9.59 Å². The molecule has 0 saturated carbocycles. The highest BCUT2D eigenvalue weighted by Crippen LogP contribution is 2.36. The van der Waals surface area contributed by atoms with Crippen molar-refractivity contribution in [1.82, 2.24) is 10.6 Å². The molecule has 2 rings (SSSR count). The summed E-state index contributed by atoms with van der Waals surface area (Å²) in [6.45, 7) is 1.13. The number of halogens is 3. The lowest BCUT2D eigenvalue weighted by Crippen LogP contribution is -2.45. The summed E-state index contributed by atoms with van der Waals surface area (Å²) in [7, 11) is 2.98. The molecule has 1 aliphatic rings. The number of nitrogens with one attached hydrogen (secondary N) is 2. The Morgan fingerprint density at radius 2 is 1.92 bits per heavy atom. The number of carbonyl (C=O) groups excluding carboxylic acids is 2. The van der Waals surface area contributed by atoms with Crippen LogP contribution < -0.4 is 20.1 Å². The van der Waals surface area contributed by atoms with Crippen LogP contribution in [0.15, 0.2) is 29.5 Å². The van der Waals surface area contributed by atoms with Gasteiger partial charge in [0.15, 0.2) is 0 Å². The number of ether oxygens (including phenoxy) is 3. The van der Waals surface area contributed by atoms with E-state index in [9.17, 15) is 9.59 Å². The van der Waals surface area contributed by atoms with Gasteiger partial charge in [0.1, 0.15) is 18.1 Å². The fraction of sp³-hybridized carbons (Fsp3) is 0.375. The third-order valence-electron chi connectivity index (χ3n) is 3.60. The van der Waals surface area contributed by atoms with E-state index < -0.39 is 28.4 Å². The van der Waals surface area contributed by atoms with Crippen LogP contribution in [0.2, 0.25) is 0 Å². The molecule has 142 valence electrons. The van der Waals surface area contributed by atoms with Crippen LogP contribution in [-0.4, -0.2) is 36.6 Å². The van der Waals surface area contributed by atoms with Gasteiger partial charge < -0.3 is 24.8 Å². The van der Waals surface area contributed by atoms with Gasteiger partial charge in [0.05, 0.1) is 25.8 Å². The number of esters is 1. The van der Waals surface area contributed by atoms with Crippen molar-refractivity contribution in [1.29, 1.82) is 0 Å². The lowest BCUT2D eigenvalue weighted by atomic mass is 9.94. The molecule has 26 heavy (non-hydrogen) atoms. The largest absolute Gasteiger partial charge is 0.497 e. The quantitative estimate of drug-likeness (QED) is 0.561. The van der Waals surface area contributed by atoms with E-state index >= 15 is 0 Å². The van der Waals surface area contributed by atoms with Gasteiger partial charge in [0, 0.05) is 11.3 Å². The first kappa shape index (κ1) is 20.5. The number of allylic oxidation sites excluding steroid dienone is 1. The van der Waals surface area contributed by atoms with Gasteiger partial charge in [-0.05, 0) is 25.1 Å². The molecular weight excluding hydrogens is 407 g/mol. The zero-order valence-electron chi connectivity index (χ0n) is 14.2. The molecular formula is C16H17Cl3N2O5. The predicted octanol–water partition coefficient (Wildman–Crippen LogP) is 3.25. The molecule has 1 unspecified atom stereocenters. The summed E-state index contributed by atoms with van der Waals surface area (Å²) in [6.07, 6.45) is 0. The molecule has 1 atom stereocenters. The topological polar surface area (TPSA) is 85.9 Å². The summed E-state index contributed by atoms with van der Waals surface area (Å²) >= 11 is 16.9. The molecule has 1 aromatic carbocycles. The van der Waals surface area contributed by atoms with E-state index in [1.165, 1.54) is 14.2 Å². The third-order valence-corrected chi connectivity index (χ3v) is 3.93. The number of urea groups is 1. The van der Waals surface area contributed by atoms with Crippen molar-refractivity contribution < 1.29 is 23.8 Å². The summed E-state index contributed by atoms with van der Waals surface area (Å²) in [4.78, 5) is 24.5. The number of methoxy groups -OCH3 is 2. The fourth-order valence-electron chi connectivity index (χ4n) is 2.49. The van der Waals surface area contributed by atoms with Gasteiger partial charge >= 0.3 is 12.0 Å². The molecule has 2 amide bonds. The monoisotopic (exact) mass is 422 g/mol. The van der Waals surface area contributed by atoms with Crippen LogP contribution in [0.4, 0.5) is 4.79 Å². The Morgan fingerprint density at radius 1 is 1.23 bits per heavy atom. The van der Waals surface area contributed by atoms with Crippen LogP contribution in [0.3, 0.4) is 0 Å². The Kier molecular flexibility index (Phi) is 6.49. The normalized spacial score (nSPS) is 17.3. The second-order valence-corrected chi connectivity index (χ2v) is 7.89. The molecule has 1 aliphatic heterocycles. The molecule has 7 nitrogen and oxygen atoms in total. The second kappa shape index (κ2) is 8.24. The lowest BCUT2D eigenvalue weighted by Gasteiger charge is -2.29. The maximum absolute atomic E-state index is 12.6. The summed E-state index contributed by atoms with van der Waals surface area (Å²) in [5.74, 6) is 0.244. The fourth-order valence-corrected chi connectivity index (χ4v) is 2.65. The van der Waals surface area contributed by atoms with Crippen LogP contribution in [-0.2, 0) is 9.53 Å². The summed E-state index contributed by atoms with van der Waals surface area (Å²) < 4.78 is 13.9. The Labute approximate surface area is 165 Å². The minimum Gasteiger partial charge on any atom is -0.497 e. The van der Waals surface area contributed by atoms with E-state index in [2.05, 4.69) is 10.6 Å². The number of benzene rings is 1. The van der Waals surface area contributed by atoms with Gasteiger partial charge in [-0.15, -0.1) is 0 Å². The van der Waals surface area contributed by atoms with Crippen LogP contribution in [0, 0.1) is 0 Å². The van der Waals surface area contributed by atoms with Gasteiger partial charge in [-0.2, -0.15) is 0 Å². The molecule has 0 saturated heterocycles. The van der Waals surface area contributed by atoms with Crippen LogP contribution in [0.25, 0.3) is 0 Å². The van der Waals surface area contributed by atoms with Gasteiger partial charge in [-0.1, -0.05) is 34.8 Å². The van der Waals surface area contributed by atoms with Crippen molar-refractivity contribution in [2.45, 2.75) is 16.8 Å². The smallest absolute Gasteiger partial charge is 0.338 e. The van der Waals surface area contributed by atoms with Crippen LogP contribution in [0.1, 0.15) is 18.5 Å². The maximum Gasteiger partial charge on any atom is 0.338 e. The lowest BCUT2D eigenvalue weighted by molar-refractivity contribution is -0.139. The third kappa shape index (κ3) is 4.87. The standard InChI is InChI=1S/C16H17Cl3N2O5/c1-8-12(14(22)26-7-16(17,18)19)13(21-15(23)20-8)10-6-9(24-2)4-5-11(10)25-3/h4-6,13H,7H2,1-3H3,(H2,20,21,23). The number of alkyl halides is 3. The van der Waals surface area contributed by atoms with Crippen molar-refractivity contribution in [3.8, 4) is 11.5 Å². The number of rotatable bonds is 5. The number of hydrogen-bond acceptors (Lipinski definition) is 5. The minimum absolute atomic E-state index is 0.158. The van der Waals surface area contributed by atoms with Crippen molar-refractivity contribution in [2.24, 2.45) is 0 Å². The first-order chi connectivity index (χ1) is 12.2.